The van der Waals surface area contributed by atoms with Crippen molar-refractivity contribution in [2.24, 2.45) is 5.10 Å². The second-order valence-corrected chi connectivity index (χ2v) is 4.08. The number of nitrogens with zero attached hydrogens (tertiary/aromatic N) is 3. The largest absolute Gasteiger partial charge is 0.369 e. The van der Waals surface area contributed by atoms with E-state index in [-0.39, 0.29) is 5.91 Å². The molecule has 0 spiro atoms. The van der Waals surface area contributed by atoms with Crippen LogP contribution in [0.5, 0.6) is 0 Å². The lowest BCUT2D eigenvalue weighted by atomic mass is 10.1. The number of amides is 1. The van der Waals surface area contributed by atoms with E-state index in [4.69, 9.17) is 0 Å². The summed E-state index contributed by atoms with van der Waals surface area (Å²) in [4.78, 5) is 15.9. The molecule has 1 amide bonds. The third kappa shape index (κ3) is 1.81. The Morgan fingerprint density at radius 2 is 2.12 bits per heavy atom. The number of hydrazone groups is 1. The molecule has 5 heteroatoms. The lowest BCUT2D eigenvalue weighted by molar-refractivity contribution is -0.0553. The van der Waals surface area contributed by atoms with E-state index in [0.717, 1.165) is 10.7 Å². The van der Waals surface area contributed by atoms with E-state index in [0.29, 0.717) is 12.0 Å². The van der Waals surface area contributed by atoms with Crippen LogP contribution in [-0.4, -0.2) is 32.4 Å². The molecule has 16 heavy (non-hydrogen) atoms. The maximum absolute atomic E-state index is 12.0. The third-order valence-corrected chi connectivity index (χ3v) is 2.44. The molecule has 0 saturated carbocycles. The number of pyridine rings is 1. The molecule has 1 aromatic rings. The van der Waals surface area contributed by atoms with Gasteiger partial charge < -0.3 is 5.11 Å². The first-order chi connectivity index (χ1) is 7.50. The number of rotatable bonds is 1. The summed E-state index contributed by atoms with van der Waals surface area (Å²) in [5.41, 5.74) is -0.0223. The van der Waals surface area contributed by atoms with Gasteiger partial charge in [0.15, 0.2) is 5.72 Å². The zero-order valence-corrected chi connectivity index (χ0v) is 9.21. The molecule has 1 atom stereocenters. The van der Waals surface area contributed by atoms with Crippen molar-refractivity contribution in [2.75, 3.05) is 0 Å². The molecular weight excluding hydrogens is 206 g/mol. The van der Waals surface area contributed by atoms with Crippen molar-refractivity contribution in [3.8, 4) is 0 Å². The molecule has 2 rings (SSSR count). The monoisotopic (exact) mass is 219 g/mol. The van der Waals surface area contributed by atoms with Crippen molar-refractivity contribution in [3.05, 3.63) is 30.1 Å². The van der Waals surface area contributed by atoms with Gasteiger partial charge in [-0.1, -0.05) is 0 Å². The number of carbonyl (C=O) groups is 1. The summed E-state index contributed by atoms with van der Waals surface area (Å²) >= 11 is 0. The standard InChI is InChI=1S/C11H13N3O2/c1-8-7-11(2,16)14(13-8)10(15)9-3-5-12-6-4-9/h3-6,16H,7H2,1-2H3. The van der Waals surface area contributed by atoms with Gasteiger partial charge in [0, 0.05) is 30.1 Å². The van der Waals surface area contributed by atoms with Crippen molar-refractivity contribution < 1.29 is 9.90 Å². The van der Waals surface area contributed by atoms with E-state index in [1.165, 1.54) is 12.4 Å². The Balaban J connectivity index is 2.30. The van der Waals surface area contributed by atoms with Crippen LogP contribution < -0.4 is 0 Å². The summed E-state index contributed by atoms with van der Waals surface area (Å²) in [5.74, 6) is -0.316. The van der Waals surface area contributed by atoms with Crippen LogP contribution in [0.15, 0.2) is 29.6 Å². The van der Waals surface area contributed by atoms with Crippen molar-refractivity contribution in [3.63, 3.8) is 0 Å². The second kappa shape index (κ2) is 3.68. The van der Waals surface area contributed by atoms with Gasteiger partial charge in [0.1, 0.15) is 0 Å². The van der Waals surface area contributed by atoms with Gasteiger partial charge in [0.2, 0.25) is 0 Å². The van der Waals surface area contributed by atoms with E-state index < -0.39 is 5.72 Å². The fourth-order valence-corrected chi connectivity index (χ4v) is 1.75. The predicted molar refractivity (Wildman–Crippen MR) is 58.8 cm³/mol. The lowest BCUT2D eigenvalue weighted by Crippen LogP contribution is -2.43. The van der Waals surface area contributed by atoms with Gasteiger partial charge in [-0.2, -0.15) is 10.1 Å². The normalized spacial score (nSPS) is 24.4. The predicted octanol–water partition coefficient (Wildman–Crippen LogP) is 1.01. The van der Waals surface area contributed by atoms with Gasteiger partial charge in [0.25, 0.3) is 5.91 Å². The van der Waals surface area contributed by atoms with E-state index in [2.05, 4.69) is 10.1 Å². The van der Waals surface area contributed by atoms with Gasteiger partial charge in [-0.3, -0.25) is 9.78 Å². The zero-order chi connectivity index (χ0) is 11.8. The molecule has 1 aliphatic rings. The fourth-order valence-electron chi connectivity index (χ4n) is 1.75. The SMILES string of the molecule is CC1=NN(C(=O)c2ccncc2)C(C)(O)C1. The molecule has 1 unspecified atom stereocenters. The first kappa shape index (κ1) is 10.8. The summed E-state index contributed by atoms with van der Waals surface area (Å²) in [6, 6.07) is 3.20. The number of hydrogen-bond donors (Lipinski definition) is 1. The lowest BCUT2D eigenvalue weighted by Gasteiger charge is -2.26. The van der Waals surface area contributed by atoms with Crippen LogP contribution in [0.25, 0.3) is 0 Å². The molecule has 1 aliphatic heterocycles. The number of hydrogen-bond acceptors (Lipinski definition) is 4. The van der Waals surface area contributed by atoms with Crippen LogP contribution in [0, 0.1) is 0 Å². The molecule has 1 N–H and O–H groups in total. The van der Waals surface area contributed by atoms with Gasteiger partial charge in [0.05, 0.1) is 0 Å². The Kier molecular flexibility index (Phi) is 2.47. The minimum absolute atomic E-state index is 0.316. The molecule has 84 valence electrons. The Hall–Kier alpha value is -1.75. The van der Waals surface area contributed by atoms with Crippen molar-refractivity contribution >= 4 is 11.6 Å². The van der Waals surface area contributed by atoms with Gasteiger partial charge in [-0.15, -0.1) is 0 Å². The van der Waals surface area contributed by atoms with E-state index >= 15 is 0 Å². The minimum atomic E-state index is -1.23. The van der Waals surface area contributed by atoms with E-state index in [1.807, 2.05) is 0 Å². The van der Waals surface area contributed by atoms with Gasteiger partial charge >= 0.3 is 0 Å². The second-order valence-electron chi connectivity index (χ2n) is 4.08. The van der Waals surface area contributed by atoms with Crippen LogP contribution in [-0.2, 0) is 0 Å². The molecule has 5 nitrogen and oxygen atoms in total. The van der Waals surface area contributed by atoms with Crippen LogP contribution in [0.3, 0.4) is 0 Å². The molecule has 0 saturated heterocycles. The Bertz CT molecular complexity index is 440. The van der Waals surface area contributed by atoms with Crippen molar-refractivity contribution in [1.29, 1.82) is 0 Å². The Morgan fingerprint density at radius 1 is 1.50 bits per heavy atom. The molecule has 0 fully saturated rings. The first-order valence-electron chi connectivity index (χ1n) is 5.02. The van der Waals surface area contributed by atoms with E-state index in [9.17, 15) is 9.90 Å². The quantitative estimate of drug-likeness (QED) is 0.766. The molecule has 0 radical (unpaired) electrons. The molecule has 1 aromatic heterocycles. The van der Waals surface area contributed by atoms with E-state index in [1.54, 1.807) is 26.0 Å². The minimum Gasteiger partial charge on any atom is -0.369 e. The van der Waals surface area contributed by atoms with Crippen LogP contribution in [0.2, 0.25) is 0 Å². The highest BCUT2D eigenvalue weighted by molar-refractivity contribution is 5.97. The Labute approximate surface area is 93.4 Å². The maximum atomic E-state index is 12.0. The average molecular weight is 219 g/mol. The maximum Gasteiger partial charge on any atom is 0.276 e. The van der Waals surface area contributed by atoms with Gasteiger partial charge in [-0.25, -0.2) is 0 Å². The molecule has 2 heterocycles. The molecule has 0 bridgehead atoms. The smallest absolute Gasteiger partial charge is 0.276 e. The average Bonchev–Trinajstić information content (AvgIpc) is 2.52. The highest BCUT2D eigenvalue weighted by Crippen LogP contribution is 2.26. The number of aromatic nitrogens is 1. The first-order valence-corrected chi connectivity index (χ1v) is 5.02. The summed E-state index contributed by atoms with van der Waals surface area (Å²) in [6.45, 7) is 3.36. The summed E-state index contributed by atoms with van der Waals surface area (Å²) in [6.07, 6.45) is 3.45. The summed E-state index contributed by atoms with van der Waals surface area (Å²) < 4.78 is 0. The van der Waals surface area contributed by atoms with Crippen molar-refractivity contribution in [1.82, 2.24) is 9.99 Å². The topological polar surface area (TPSA) is 65.8 Å². The van der Waals surface area contributed by atoms with Crippen molar-refractivity contribution in [2.45, 2.75) is 26.0 Å². The molecular formula is C11H13N3O2. The number of carbonyl (C=O) groups excluding carboxylic acids is 1. The molecule has 0 aliphatic carbocycles. The summed E-state index contributed by atoms with van der Waals surface area (Å²) in [7, 11) is 0. The number of aliphatic hydroxyl groups is 1. The van der Waals surface area contributed by atoms with Crippen LogP contribution >= 0.6 is 0 Å². The van der Waals surface area contributed by atoms with Crippen LogP contribution in [0.4, 0.5) is 0 Å². The summed E-state index contributed by atoms with van der Waals surface area (Å²) in [5, 5.41) is 15.2. The molecule has 0 aromatic carbocycles. The van der Waals surface area contributed by atoms with Gasteiger partial charge in [-0.05, 0) is 26.0 Å². The highest BCUT2D eigenvalue weighted by atomic mass is 16.3. The highest BCUT2D eigenvalue weighted by Gasteiger charge is 2.39. The zero-order valence-electron chi connectivity index (χ0n) is 9.21. The Morgan fingerprint density at radius 3 is 2.62 bits per heavy atom. The van der Waals surface area contributed by atoms with Crippen LogP contribution in [0.1, 0.15) is 30.6 Å². The fraction of sp³-hybridized carbons (Fsp3) is 0.364. The third-order valence-electron chi connectivity index (χ3n) is 2.44.